The number of hydrogen-bond donors (Lipinski definition) is 0. The molecule has 0 bridgehead atoms. The van der Waals surface area contributed by atoms with Crippen molar-refractivity contribution in [2.24, 2.45) is 0 Å². The zero-order valence-electron chi connectivity index (χ0n) is 0.802. The molecular weight excluding hydrogens is 355 g/mol. The molecule has 0 atom stereocenters. The molecule has 5 heteroatoms. The zero-order chi connectivity index (χ0) is 0. The summed E-state index contributed by atoms with van der Waals surface area (Å²) in [6.45, 7) is 0. The Morgan fingerprint density at radius 1 is 1.00 bits per heavy atom. The average Bonchev–Trinajstić information content (AvgIpc) is 0. The first-order valence-electron chi connectivity index (χ1n) is 0. The van der Waals surface area contributed by atoms with Gasteiger partial charge in [-0.2, -0.15) is 0 Å². The van der Waals surface area contributed by atoms with Crippen LogP contribution in [0.1, 0.15) is 0 Å². The van der Waals surface area contributed by atoms with E-state index in [2.05, 4.69) is 0 Å². The van der Waals surface area contributed by atoms with Gasteiger partial charge in [0.05, 0.1) is 0 Å². The van der Waals surface area contributed by atoms with Crippen molar-refractivity contribution in [2.75, 3.05) is 0 Å². The first-order valence-corrected chi connectivity index (χ1v) is 0. The van der Waals surface area contributed by atoms with Gasteiger partial charge in [0.25, 0.3) is 0 Å². The van der Waals surface area contributed by atoms with Crippen molar-refractivity contribution in [1.82, 2.24) is 0 Å². The predicted octanol–water partition coefficient (Wildman–Crippen LogP) is -4.74. The van der Waals surface area contributed by atoms with Gasteiger partial charge in [-0.05, 0) is 11.0 Å². The Bertz CT molecular complexity index is 11.6. The van der Waals surface area contributed by atoms with E-state index in [-0.39, 0.29) is 90.7 Å². The van der Waals surface area contributed by atoms with Gasteiger partial charge in [0.2, 0.25) is 0 Å². The Kier molecular flexibility index (Phi) is 274. The van der Waals surface area contributed by atoms with Crippen LogP contribution < -0.4 is 0 Å². The van der Waals surface area contributed by atoms with Crippen LogP contribution in [0.4, 0.5) is 0 Å². The molecule has 0 amide bonds. The number of rotatable bonds is 0. The smallest absolute Gasteiger partial charge is 0.0149 e. The summed E-state index contributed by atoms with van der Waals surface area (Å²) >= 11 is 0. The third-order valence-electron chi connectivity index (χ3n) is 0. The fourth-order valence-electron chi connectivity index (χ4n) is 0. The van der Waals surface area contributed by atoms with E-state index >= 15 is 0 Å². The molecule has 0 fully saturated rings. The van der Waals surface area contributed by atoms with Crippen LogP contribution in [0.15, 0.2) is 0 Å². The molecule has 0 aliphatic heterocycles. The van der Waals surface area contributed by atoms with E-state index in [1.54, 1.807) is 0 Å². The molecule has 0 aliphatic carbocycles. The molecule has 0 aliphatic rings. The molecule has 0 N–H and O–H groups in total. The maximum atomic E-state index is 0. The molecule has 0 aromatic carbocycles. The first-order chi connectivity index (χ1) is 0. The van der Waals surface area contributed by atoms with Crippen LogP contribution in [0, 0.1) is 0 Å². The van der Waals surface area contributed by atoms with Crippen molar-refractivity contribution in [3.63, 3.8) is 0 Å². The normalized spacial score (nSPS) is 0. The van der Waals surface area contributed by atoms with Gasteiger partial charge < -0.3 is 0 Å². The molecule has 0 unspecified atom stereocenters. The van der Waals surface area contributed by atoms with Gasteiger partial charge in [0, 0.05) is 17.1 Å². The van der Waals surface area contributed by atoms with Crippen LogP contribution >= 0.6 is 0 Å². The maximum absolute atomic E-state index is 0. The Labute approximate surface area is 89.4 Å². The van der Waals surface area contributed by atoms with Crippen molar-refractivity contribution in [1.29, 1.82) is 0 Å². The largest absolute Gasteiger partial charge is 0.0149 e. The quantitative estimate of drug-likeness (QED) is 0.378. The summed E-state index contributed by atoms with van der Waals surface area (Å²) in [5.41, 5.74) is 0. The van der Waals surface area contributed by atoms with Gasteiger partial charge in [-0.1, -0.05) is 0 Å². The van der Waals surface area contributed by atoms with Gasteiger partial charge in [-0.15, -0.1) is 0 Å². The monoisotopic (exact) mass is 367 g/mol. The van der Waals surface area contributed by atoms with E-state index < -0.39 is 0 Å². The third kappa shape index (κ3) is 20.1. The topological polar surface area (TPSA) is 0 Å². The average molecular weight is 367 g/mol. The molecule has 0 saturated carbocycles. The van der Waals surface area contributed by atoms with Gasteiger partial charge in [0.1, 0.15) is 0 Å². The Hall–Kier alpha value is 2.76. The first kappa shape index (κ1) is 46.5. The number of hydrogen-bond acceptors (Lipinski definition) is 0. The van der Waals surface area contributed by atoms with Gasteiger partial charge in [-0.3, -0.25) is 0 Å². The van der Waals surface area contributed by atoms with Crippen molar-refractivity contribution in [3.8, 4) is 0 Å². The summed E-state index contributed by atoms with van der Waals surface area (Å²) in [4.78, 5) is 0. The summed E-state index contributed by atoms with van der Waals surface area (Å²) in [5.74, 6) is 0. The minimum atomic E-state index is 0. The molecule has 39 valence electrons. The molecule has 1 radical (unpaired) electrons. The molecular formula is H12CuGaInSeSi. The van der Waals surface area contributed by atoms with Gasteiger partial charge in [-0.25, -0.2) is 0 Å². The van der Waals surface area contributed by atoms with E-state index in [1.165, 1.54) is 0 Å². The van der Waals surface area contributed by atoms with E-state index in [0.717, 1.165) is 0 Å². The fraction of sp³-hybridized carbons (Fsp3) is 0. The maximum Gasteiger partial charge on any atom is -0.0149 e. The fourth-order valence-corrected chi connectivity index (χ4v) is 0. The summed E-state index contributed by atoms with van der Waals surface area (Å²) in [6, 6.07) is 0. The van der Waals surface area contributed by atoms with Gasteiger partial charge in [0.15, 0.2) is 0 Å². The van der Waals surface area contributed by atoms with Crippen molar-refractivity contribution >= 4 is 73.7 Å². The SMILES string of the molecule is [Cu].[GaH3].[InH3].[SeH2].[SiH4]. The minimum absolute atomic E-state index is 0. The Morgan fingerprint density at radius 3 is 1.00 bits per heavy atom. The molecule has 0 spiro atoms. The van der Waals surface area contributed by atoms with E-state index in [4.69, 9.17) is 0 Å². The molecule has 0 nitrogen and oxygen atoms in total. The van der Waals surface area contributed by atoms with Crippen molar-refractivity contribution in [3.05, 3.63) is 0 Å². The Morgan fingerprint density at radius 2 is 1.00 bits per heavy atom. The van der Waals surface area contributed by atoms with Crippen molar-refractivity contribution < 1.29 is 17.1 Å². The summed E-state index contributed by atoms with van der Waals surface area (Å²) in [6.07, 6.45) is 0. The molecule has 0 saturated heterocycles. The summed E-state index contributed by atoms with van der Waals surface area (Å²) in [7, 11) is 0. The van der Waals surface area contributed by atoms with Gasteiger partial charge >= 0.3 is 62.7 Å². The molecule has 5 heavy (non-hydrogen) atoms. The molecule has 0 aromatic heterocycles. The molecule has 0 aromatic rings. The summed E-state index contributed by atoms with van der Waals surface area (Å²) < 4.78 is 0. The second-order valence-electron chi connectivity index (χ2n) is 0. The van der Waals surface area contributed by atoms with Crippen molar-refractivity contribution in [2.45, 2.75) is 0 Å². The van der Waals surface area contributed by atoms with E-state index in [9.17, 15) is 0 Å². The zero-order valence-corrected chi connectivity index (χ0v) is 3.84. The molecule has 0 heterocycles. The van der Waals surface area contributed by atoms with Crippen LogP contribution in [0.25, 0.3) is 0 Å². The van der Waals surface area contributed by atoms with Crippen LogP contribution in [-0.2, 0) is 17.1 Å². The van der Waals surface area contributed by atoms with Crippen LogP contribution in [0.3, 0.4) is 0 Å². The second-order valence-corrected chi connectivity index (χ2v) is 0. The van der Waals surface area contributed by atoms with Crippen LogP contribution in [-0.4, -0.2) is 73.7 Å². The van der Waals surface area contributed by atoms with E-state index in [1.807, 2.05) is 0 Å². The Balaban J connectivity index is 0. The van der Waals surface area contributed by atoms with Crippen LogP contribution in [0.2, 0.25) is 0 Å². The second kappa shape index (κ2) is 29.4. The summed E-state index contributed by atoms with van der Waals surface area (Å²) in [5, 5.41) is 0. The van der Waals surface area contributed by atoms with E-state index in [0.29, 0.717) is 0 Å². The standard InChI is InChI=1S/Cu.Ga.In.H2Se.H4Si.6H/h;;;1H2;1H4;;;;;;. The third-order valence-corrected chi connectivity index (χ3v) is 0. The minimum Gasteiger partial charge on any atom is -0.0149 e. The molecule has 0 rings (SSSR count). The predicted molar refractivity (Wildman–Crippen MR) is 39.8 cm³/mol. The van der Waals surface area contributed by atoms with Crippen LogP contribution in [0.5, 0.6) is 0 Å².